The molecule has 0 heterocycles. The monoisotopic (exact) mass is 603 g/mol. The molecule has 0 aliphatic rings. The van der Waals surface area contributed by atoms with Crippen LogP contribution < -0.4 is 9.62 Å². The van der Waals surface area contributed by atoms with Crippen LogP contribution in [-0.2, 0) is 26.2 Å². The molecule has 2 amide bonds. The van der Waals surface area contributed by atoms with Crippen molar-refractivity contribution in [2.24, 2.45) is 5.92 Å². The van der Waals surface area contributed by atoms with E-state index >= 15 is 0 Å². The molecule has 10 heteroatoms. The van der Waals surface area contributed by atoms with Gasteiger partial charge in [0.1, 0.15) is 12.6 Å². The standard InChI is InChI=1S/C30H35Cl2N3O4S/c1-5-28(30(37)33-18-21(2)3)34(19-23-11-9-10-14-26(23)31)29(36)20-35(24-16-15-22(4)27(32)17-24)40(38,39)25-12-7-6-8-13-25/h6-17,21,28H,5,18-20H2,1-4H3,(H,33,37). The topological polar surface area (TPSA) is 86.8 Å². The predicted molar refractivity (Wildman–Crippen MR) is 161 cm³/mol. The molecule has 0 fully saturated rings. The molecular weight excluding hydrogens is 569 g/mol. The van der Waals surface area contributed by atoms with E-state index in [9.17, 15) is 18.0 Å². The van der Waals surface area contributed by atoms with E-state index in [1.165, 1.54) is 23.1 Å². The molecule has 1 unspecified atom stereocenters. The maximum Gasteiger partial charge on any atom is 0.264 e. The van der Waals surface area contributed by atoms with Crippen LogP contribution in [0.5, 0.6) is 0 Å². The average molecular weight is 605 g/mol. The number of rotatable bonds is 12. The van der Waals surface area contributed by atoms with E-state index in [0.717, 1.165) is 9.87 Å². The minimum absolute atomic E-state index is 0.0267. The summed E-state index contributed by atoms with van der Waals surface area (Å²) in [6.07, 6.45) is 0.321. The molecule has 3 aromatic carbocycles. The second-order valence-electron chi connectivity index (χ2n) is 9.93. The zero-order chi connectivity index (χ0) is 29.4. The smallest absolute Gasteiger partial charge is 0.264 e. The summed E-state index contributed by atoms with van der Waals surface area (Å²) in [5.41, 5.74) is 1.65. The summed E-state index contributed by atoms with van der Waals surface area (Å²) in [6.45, 7) is 7.50. The number of nitrogens with zero attached hydrogens (tertiary/aromatic N) is 2. The lowest BCUT2D eigenvalue weighted by atomic mass is 10.1. The highest BCUT2D eigenvalue weighted by molar-refractivity contribution is 7.92. The largest absolute Gasteiger partial charge is 0.354 e. The van der Waals surface area contributed by atoms with Crippen LogP contribution in [0.2, 0.25) is 10.0 Å². The second-order valence-corrected chi connectivity index (χ2v) is 12.6. The number of carbonyl (C=O) groups excluding carboxylic acids is 2. The lowest BCUT2D eigenvalue weighted by molar-refractivity contribution is -0.140. The summed E-state index contributed by atoms with van der Waals surface area (Å²) in [7, 11) is -4.17. The van der Waals surface area contributed by atoms with Crippen LogP contribution in [0.3, 0.4) is 0 Å². The van der Waals surface area contributed by atoms with E-state index < -0.39 is 28.5 Å². The Labute approximate surface area is 247 Å². The summed E-state index contributed by atoms with van der Waals surface area (Å²) >= 11 is 12.8. The first-order valence-corrected chi connectivity index (χ1v) is 15.3. The van der Waals surface area contributed by atoms with Gasteiger partial charge < -0.3 is 10.2 Å². The third-order valence-corrected chi connectivity index (χ3v) is 8.99. The minimum Gasteiger partial charge on any atom is -0.354 e. The van der Waals surface area contributed by atoms with Crippen LogP contribution >= 0.6 is 23.2 Å². The molecule has 0 aliphatic carbocycles. The van der Waals surface area contributed by atoms with Crippen molar-refractivity contribution >= 4 is 50.7 Å². The summed E-state index contributed by atoms with van der Waals surface area (Å²) in [4.78, 5) is 28.8. The maximum absolute atomic E-state index is 14.1. The van der Waals surface area contributed by atoms with E-state index in [-0.39, 0.29) is 29.0 Å². The third kappa shape index (κ3) is 7.77. The molecule has 1 atom stereocenters. The Kier molecular flexibility index (Phi) is 11.0. The van der Waals surface area contributed by atoms with Crippen LogP contribution in [-0.4, -0.2) is 44.3 Å². The number of halogens is 2. The van der Waals surface area contributed by atoms with Crippen LogP contribution in [0.15, 0.2) is 77.7 Å². The lowest BCUT2D eigenvalue weighted by Crippen LogP contribution is -2.52. The SMILES string of the molecule is CCC(C(=O)NCC(C)C)N(Cc1ccccc1Cl)C(=O)CN(c1ccc(C)c(Cl)c1)S(=O)(=O)c1ccccc1. The molecule has 40 heavy (non-hydrogen) atoms. The molecule has 0 saturated heterocycles. The molecule has 3 aromatic rings. The first kappa shape index (κ1) is 31.5. The highest BCUT2D eigenvalue weighted by Crippen LogP contribution is 2.29. The molecule has 0 radical (unpaired) electrons. The Morgan fingerprint density at radius 3 is 2.17 bits per heavy atom. The Balaban J connectivity index is 2.07. The number of aryl methyl sites for hydroxylation is 1. The van der Waals surface area contributed by atoms with E-state index in [0.29, 0.717) is 28.6 Å². The highest BCUT2D eigenvalue weighted by Gasteiger charge is 2.34. The fourth-order valence-electron chi connectivity index (χ4n) is 4.14. The van der Waals surface area contributed by atoms with Gasteiger partial charge in [0.25, 0.3) is 10.0 Å². The Morgan fingerprint density at radius 1 is 0.925 bits per heavy atom. The normalized spacial score (nSPS) is 12.2. The van der Waals surface area contributed by atoms with Crippen molar-refractivity contribution in [1.29, 1.82) is 0 Å². The lowest BCUT2D eigenvalue weighted by Gasteiger charge is -2.33. The van der Waals surface area contributed by atoms with Crippen molar-refractivity contribution in [2.45, 2.75) is 51.6 Å². The molecule has 3 rings (SSSR count). The summed E-state index contributed by atoms with van der Waals surface area (Å²) in [5, 5.41) is 3.72. The van der Waals surface area contributed by atoms with Crippen LogP contribution in [0.25, 0.3) is 0 Å². The quantitative estimate of drug-likeness (QED) is 0.272. The molecular formula is C30H35Cl2N3O4S. The number of hydrogen-bond acceptors (Lipinski definition) is 4. The fourth-order valence-corrected chi connectivity index (χ4v) is 5.93. The Morgan fingerprint density at radius 2 is 1.57 bits per heavy atom. The molecule has 0 saturated carbocycles. The van der Waals surface area contributed by atoms with Crippen molar-refractivity contribution in [2.75, 3.05) is 17.4 Å². The van der Waals surface area contributed by atoms with Gasteiger partial charge >= 0.3 is 0 Å². The fraction of sp³-hybridized carbons (Fsp3) is 0.333. The number of nitrogens with one attached hydrogen (secondary N) is 1. The zero-order valence-corrected chi connectivity index (χ0v) is 25.4. The van der Waals surface area contributed by atoms with Gasteiger partial charge in [-0.15, -0.1) is 0 Å². The number of amides is 2. The zero-order valence-electron chi connectivity index (χ0n) is 23.1. The van der Waals surface area contributed by atoms with Gasteiger partial charge in [-0.3, -0.25) is 13.9 Å². The summed E-state index contributed by atoms with van der Waals surface area (Å²) < 4.78 is 28.8. The van der Waals surface area contributed by atoms with Gasteiger partial charge in [-0.25, -0.2) is 8.42 Å². The van der Waals surface area contributed by atoms with Gasteiger partial charge in [0.05, 0.1) is 10.6 Å². The van der Waals surface area contributed by atoms with E-state index in [1.54, 1.807) is 61.5 Å². The number of sulfonamides is 1. The van der Waals surface area contributed by atoms with Gasteiger partial charge in [0.15, 0.2) is 0 Å². The summed E-state index contributed by atoms with van der Waals surface area (Å²) in [6, 6.07) is 18.9. The van der Waals surface area contributed by atoms with Crippen molar-refractivity contribution in [3.05, 3.63) is 94.0 Å². The second kappa shape index (κ2) is 14.0. The maximum atomic E-state index is 14.1. The van der Waals surface area contributed by atoms with Gasteiger partial charge in [0, 0.05) is 23.1 Å². The number of benzene rings is 3. The van der Waals surface area contributed by atoms with Gasteiger partial charge in [-0.2, -0.15) is 0 Å². The molecule has 0 bridgehead atoms. The third-order valence-electron chi connectivity index (χ3n) is 6.42. The molecule has 7 nitrogen and oxygen atoms in total. The molecule has 1 N–H and O–H groups in total. The summed E-state index contributed by atoms with van der Waals surface area (Å²) in [5.74, 6) is -0.651. The van der Waals surface area contributed by atoms with Crippen LogP contribution in [0.1, 0.15) is 38.3 Å². The number of hydrogen-bond donors (Lipinski definition) is 1. The first-order valence-electron chi connectivity index (χ1n) is 13.1. The Bertz CT molecular complexity index is 1430. The van der Waals surface area contributed by atoms with Crippen LogP contribution in [0, 0.1) is 12.8 Å². The van der Waals surface area contributed by atoms with Crippen LogP contribution in [0.4, 0.5) is 5.69 Å². The van der Waals surface area contributed by atoms with E-state index in [4.69, 9.17) is 23.2 Å². The Hall–Kier alpha value is -3.07. The average Bonchev–Trinajstić information content (AvgIpc) is 2.93. The highest BCUT2D eigenvalue weighted by atomic mass is 35.5. The molecule has 0 aliphatic heterocycles. The molecule has 0 aromatic heterocycles. The minimum atomic E-state index is -4.17. The van der Waals surface area contributed by atoms with E-state index in [1.807, 2.05) is 20.8 Å². The van der Waals surface area contributed by atoms with Crippen molar-refractivity contribution in [3.8, 4) is 0 Å². The first-order chi connectivity index (χ1) is 18.9. The van der Waals surface area contributed by atoms with Gasteiger partial charge in [-0.05, 0) is 60.7 Å². The van der Waals surface area contributed by atoms with Crippen molar-refractivity contribution in [3.63, 3.8) is 0 Å². The number of carbonyl (C=O) groups is 2. The molecule has 214 valence electrons. The van der Waals surface area contributed by atoms with Gasteiger partial charge in [-0.1, -0.05) is 86.4 Å². The molecule has 0 spiro atoms. The van der Waals surface area contributed by atoms with Crippen molar-refractivity contribution in [1.82, 2.24) is 10.2 Å². The number of anilines is 1. The van der Waals surface area contributed by atoms with Crippen molar-refractivity contribution < 1.29 is 18.0 Å². The predicted octanol–water partition coefficient (Wildman–Crippen LogP) is 6.08. The van der Waals surface area contributed by atoms with E-state index in [2.05, 4.69) is 5.32 Å². The van der Waals surface area contributed by atoms with Gasteiger partial charge in [0.2, 0.25) is 11.8 Å².